The van der Waals surface area contributed by atoms with Gasteiger partial charge in [0.25, 0.3) is 0 Å². The monoisotopic (exact) mass is 578 g/mol. The smallest absolute Gasteiger partial charge is 0.320 e. The van der Waals surface area contributed by atoms with E-state index in [0.717, 1.165) is 22.9 Å². The highest BCUT2D eigenvalue weighted by Gasteiger charge is 2.43. The van der Waals surface area contributed by atoms with E-state index < -0.39 is 29.7 Å². The van der Waals surface area contributed by atoms with Crippen molar-refractivity contribution in [3.8, 4) is 16.9 Å². The van der Waals surface area contributed by atoms with Gasteiger partial charge in [-0.15, -0.1) is 0 Å². The maximum atomic E-state index is 14.3. The first kappa shape index (κ1) is 29.4. The number of carbonyl (C=O) groups excluding carboxylic acids is 1. The van der Waals surface area contributed by atoms with E-state index in [1.807, 2.05) is 57.5 Å². The van der Waals surface area contributed by atoms with E-state index in [1.165, 1.54) is 6.07 Å². The van der Waals surface area contributed by atoms with Crippen LogP contribution in [0, 0.1) is 24.5 Å². The van der Waals surface area contributed by atoms with Gasteiger partial charge in [0.05, 0.1) is 30.6 Å². The zero-order valence-corrected chi connectivity index (χ0v) is 24.1. The lowest BCUT2D eigenvalue weighted by molar-refractivity contribution is 0.0963. The van der Waals surface area contributed by atoms with Gasteiger partial charge in [0.2, 0.25) is 0 Å². The number of aryl methyl sites for hydroxylation is 1. The van der Waals surface area contributed by atoms with E-state index in [1.54, 1.807) is 28.7 Å². The first-order valence-corrected chi connectivity index (χ1v) is 13.8. The topological polar surface area (TPSA) is 115 Å². The van der Waals surface area contributed by atoms with Crippen molar-refractivity contribution in [2.45, 2.75) is 31.5 Å². The minimum atomic E-state index is -0.940. The Hall–Kier alpha value is -4.13. The van der Waals surface area contributed by atoms with Crippen LogP contribution in [-0.4, -0.2) is 69.9 Å². The standard InChI is InChI=1S/C30H36F2N8O2/c1-18-27(21-15-34-38(2)16-21)37-40(22-8-6-5-7-9-22)29(18)36-30(41)35-25-13-26(20(14-33)17-42-4)39(3)28(25)19-10-11-23(31)24(32)12-19/h5-12,15-16,20,25-26,28H,13-14,17,33H2,1-4H3,(H2,35,36,41)/t20?,25-,26+,28+/m1/s1. The van der Waals surface area contributed by atoms with Gasteiger partial charge in [0.15, 0.2) is 11.6 Å². The summed E-state index contributed by atoms with van der Waals surface area (Å²) in [5, 5.41) is 15.2. The third-order valence-electron chi connectivity index (χ3n) is 8.00. The predicted octanol–water partition coefficient (Wildman–Crippen LogP) is 4.02. The summed E-state index contributed by atoms with van der Waals surface area (Å²) in [7, 11) is 5.35. The Morgan fingerprint density at radius 1 is 1.17 bits per heavy atom. The second kappa shape index (κ2) is 12.4. The first-order valence-electron chi connectivity index (χ1n) is 13.8. The van der Waals surface area contributed by atoms with Crippen molar-refractivity contribution < 1.29 is 18.3 Å². The molecule has 1 aliphatic rings. The number of halogens is 2. The molecule has 4 aromatic rings. The average molecular weight is 579 g/mol. The van der Waals surface area contributed by atoms with Gasteiger partial charge >= 0.3 is 6.03 Å². The van der Waals surface area contributed by atoms with E-state index >= 15 is 0 Å². The molecule has 12 heteroatoms. The fourth-order valence-electron chi connectivity index (χ4n) is 5.95. The molecule has 1 aliphatic heterocycles. The number of ether oxygens (including phenoxy) is 1. The highest BCUT2D eigenvalue weighted by molar-refractivity contribution is 5.91. The van der Waals surface area contributed by atoms with Gasteiger partial charge in [-0.25, -0.2) is 18.3 Å². The van der Waals surface area contributed by atoms with Crippen LogP contribution in [0.2, 0.25) is 0 Å². The molecule has 42 heavy (non-hydrogen) atoms. The van der Waals surface area contributed by atoms with Crippen molar-refractivity contribution >= 4 is 11.8 Å². The predicted molar refractivity (Wildman–Crippen MR) is 156 cm³/mol. The van der Waals surface area contributed by atoms with Crippen LogP contribution in [0.1, 0.15) is 23.6 Å². The van der Waals surface area contributed by atoms with Crippen LogP contribution in [0.15, 0.2) is 60.9 Å². The number of likely N-dealkylation sites (N-methyl/N-ethyl adjacent to an activating group) is 1. The number of carbonyl (C=O) groups is 1. The summed E-state index contributed by atoms with van der Waals surface area (Å²) in [5.41, 5.74) is 9.69. The molecule has 0 radical (unpaired) electrons. The second-order valence-electron chi connectivity index (χ2n) is 10.7. The lowest BCUT2D eigenvalue weighted by Gasteiger charge is -2.31. The van der Waals surface area contributed by atoms with Gasteiger partial charge in [-0.3, -0.25) is 14.9 Å². The van der Waals surface area contributed by atoms with Gasteiger partial charge in [-0.1, -0.05) is 24.3 Å². The quantitative estimate of drug-likeness (QED) is 0.277. The van der Waals surface area contributed by atoms with E-state index in [2.05, 4.69) is 20.6 Å². The lowest BCUT2D eigenvalue weighted by Crippen LogP contribution is -2.42. The Labute approximate surface area is 243 Å². The van der Waals surface area contributed by atoms with Crippen LogP contribution in [0.4, 0.5) is 19.4 Å². The average Bonchev–Trinajstić information content (AvgIpc) is 3.64. The Morgan fingerprint density at radius 2 is 1.93 bits per heavy atom. The molecular weight excluding hydrogens is 542 g/mol. The van der Waals surface area contributed by atoms with Crippen LogP contribution >= 0.6 is 0 Å². The fourth-order valence-corrected chi connectivity index (χ4v) is 5.95. The van der Waals surface area contributed by atoms with Gasteiger partial charge < -0.3 is 15.8 Å². The van der Waals surface area contributed by atoms with Crippen molar-refractivity contribution in [3.05, 3.63) is 83.7 Å². The molecule has 2 aromatic heterocycles. The number of likely N-dealkylation sites (tertiary alicyclic amines) is 1. The van der Waals surface area contributed by atoms with Crippen LogP contribution in [0.25, 0.3) is 16.9 Å². The molecule has 0 aliphatic carbocycles. The minimum absolute atomic E-state index is 0.0218. The summed E-state index contributed by atoms with van der Waals surface area (Å²) in [5.74, 6) is -1.38. The summed E-state index contributed by atoms with van der Waals surface area (Å²) in [4.78, 5) is 15.7. The molecule has 0 saturated carbocycles. The molecule has 5 rings (SSSR count). The Bertz CT molecular complexity index is 1540. The molecule has 0 spiro atoms. The van der Waals surface area contributed by atoms with Crippen molar-refractivity contribution in [1.82, 2.24) is 29.8 Å². The molecule has 4 N–H and O–H groups in total. The Balaban J connectivity index is 1.46. The van der Waals surface area contributed by atoms with Crippen molar-refractivity contribution in [2.75, 3.05) is 32.6 Å². The maximum Gasteiger partial charge on any atom is 0.320 e. The van der Waals surface area contributed by atoms with Gasteiger partial charge in [-0.05, 0) is 56.8 Å². The largest absolute Gasteiger partial charge is 0.384 e. The zero-order valence-electron chi connectivity index (χ0n) is 24.1. The number of amides is 2. The van der Waals surface area contributed by atoms with Crippen molar-refractivity contribution in [1.29, 1.82) is 0 Å². The van der Waals surface area contributed by atoms with Crippen LogP contribution in [0.3, 0.4) is 0 Å². The second-order valence-corrected chi connectivity index (χ2v) is 10.7. The molecular formula is C30H36F2N8O2. The summed E-state index contributed by atoms with van der Waals surface area (Å²) < 4.78 is 36.9. The first-order chi connectivity index (χ1) is 20.2. The number of methoxy groups -OCH3 is 1. The third-order valence-corrected chi connectivity index (χ3v) is 8.00. The molecule has 3 heterocycles. The number of para-hydroxylation sites is 1. The summed E-state index contributed by atoms with van der Waals surface area (Å²) in [6, 6.07) is 12.0. The summed E-state index contributed by atoms with van der Waals surface area (Å²) >= 11 is 0. The third kappa shape index (κ3) is 5.78. The SMILES string of the molecule is COCC(CN)[C@@H]1C[C@@H](NC(=O)Nc2c(C)c(-c3cnn(C)c3)nn2-c2ccccc2)[C@H](c2ccc(F)c(F)c2)N1C. The number of rotatable bonds is 9. The van der Waals surface area contributed by atoms with Crippen LogP contribution in [-0.2, 0) is 11.8 Å². The number of aromatic nitrogens is 4. The van der Waals surface area contributed by atoms with Crippen LogP contribution in [0.5, 0.6) is 0 Å². The van der Waals surface area contributed by atoms with E-state index in [-0.39, 0.29) is 12.0 Å². The molecule has 1 unspecified atom stereocenters. The Kier molecular flexibility index (Phi) is 8.66. The number of nitrogens with one attached hydrogen (secondary N) is 2. The molecule has 1 fully saturated rings. The van der Waals surface area contributed by atoms with Crippen LogP contribution < -0.4 is 16.4 Å². The molecule has 2 aromatic carbocycles. The molecule has 222 valence electrons. The molecule has 1 saturated heterocycles. The fraction of sp³-hybridized carbons (Fsp3) is 0.367. The number of hydrogen-bond donors (Lipinski definition) is 3. The van der Waals surface area contributed by atoms with Crippen molar-refractivity contribution in [3.63, 3.8) is 0 Å². The lowest BCUT2D eigenvalue weighted by atomic mass is 9.96. The van der Waals surface area contributed by atoms with Crippen molar-refractivity contribution in [2.24, 2.45) is 18.7 Å². The summed E-state index contributed by atoms with van der Waals surface area (Å²) in [6.45, 7) is 2.70. The van der Waals surface area contributed by atoms with Gasteiger partial charge in [-0.2, -0.15) is 10.2 Å². The highest BCUT2D eigenvalue weighted by Crippen LogP contribution is 2.39. The number of anilines is 1. The van der Waals surface area contributed by atoms with E-state index in [4.69, 9.17) is 15.6 Å². The highest BCUT2D eigenvalue weighted by atomic mass is 19.2. The number of nitrogens with two attached hydrogens (primary N) is 1. The zero-order chi connectivity index (χ0) is 30.0. The van der Waals surface area contributed by atoms with E-state index in [9.17, 15) is 13.6 Å². The normalized spacial score (nSPS) is 19.6. The Morgan fingerprint density at radius 3 is 2.57 bits per heavy atom. The van der Waals surface area contributed by atoms with Gasteiger partial charge in [0, 0.05) is 43.4 Å². The number of hydrogen-bond acceptors (Lipinski definition) is 6. The molecule has 0 bridgehead atoms. The molecule has 4 atom stereocenters. The minimum Gasteiger partial charge on any atom is -0.384 e. The van der Waals surface area contributed by atoms with E-state index in [0.29, 0.717) is 36.6 Å². The summed E-state index contributed by atoms with van der Waals surface area (Å²) in [6.07, 6.45) is 4.13. The van der Waals surface area contributed by atoms with Gasteiger partial charge in [0.1, 0.15) is 11.5 Å². The number of nitrogens with zero attached hydrogens (tertiary/aromatic N) is 5. The number of urea groups is 1. The number of benzene rings is 2. The maximum absolute atomic E-state index is 14.3. The molecule has 2 amide bonds. The molecule has 10 nitrogen and oxygen atoms in total.